The van der Waals surface area contributed by atoms with E-state index in [4.69, 9.17) is 9.47 Å². The average molecular weight is 262 g/mol. The Bertz CT molecular complexity index is 465. The summed E-state index contributed by atoms with van der Waals surface area (Å²) < 4.78 is 10.9. The molecule has 3 rings (SSSR count). The minimum Gasteiger partial charge on any atom is -0.497 e. The van der Waals surface area contributed by atoms with Crippen molar-refractivity contribution >= 4 is 0 Å². The highest BCUT2D eigenvalue weighted by Gasteiger charge is 2.54. The summed E-state index contributed by atoms with van der Waals surface area (Å²) in [6.07, 6.45) is 4.55. The Balaban J connectivity index is 1.53. The Kier molecular flexibility index (Phi) is 3.27. The van der Waals surface area contributed by atoms with Crippen molar-refractivity contribution < 1.29 is 14.6 Å². The third-order valence-electron chi connectivity index (χ3n) is 4.81. The Hall–Kier alpha value is -1.06. The van der Waals surface area contributed by atoms with Gasteiger partial charge in [0.25, 0.3) is 0 Å². The lowest BCUT2D eigenvalue weighted by atomic mass is 9.74. The van der Waals surface area contributed by atoms with E-state index >= 15 is 0 Å². The predicted octanol–water partition coefficient (Wildman–Crippen LogP) is 2.66. The van der Waals surface area contributed by atoms with Gasteiger partial charge in [-0.1, -0.05) is 13.0 Å². The molecule has 1 aliphatic carbocycles. The molecule has 3 heteroatoms. The first kappa shape index (κ1) is 12.9. The molecule has 1 heterocycles. The number of epoxide rings is 1. The van der Waals surface area contributed by atoms with Crippen LogP contribution in [0.15, 0.2) is 18.2 Å². The summed E-state index contributed by atoms with van der Waals surface area (Å²) in [6, 6.07) is 6.38. The quantitative estimate of drug-likeness (QED) is 0.801. The number of benzene rings is 1. The molecule has 0 amide bonds. The van der Waals surface area contributed by atoms with Gasteiger partial charge in [-0.3, -0.25) is 0 Å². The second-order valence-electron chi connectivity index (χ2n) is 5.73. The molecule has 1 aliphatic heterocycles. The topological polar surface area (TPSA) is 42.0 Å². The molecular formula is C16H22O3. The Morgan fingerprint density at radius 2 is 2.26 bits per heavy atom. The first-order valence-corrected chi connectivity index (χ1v) is 7.18. The molecule has 3 nitrogen and oxygen atoms in total. The van der Waals surface area contributed by atoms with E-state index in [1.165, 1.54) is 11.1 Å². The fourth-order valence-corrected chi connectivity index (χ4v) is 3.27. The van der Waals surface area contributed by atoms with Crippen molar-refractivity contribution in [3.63, 3.8) is 0 Å². The SMILES string of the molecule is CCC1(CO)OC1CCC1Cc2cc(OC)ccc21. The van der Waals surface area contributed by atoms with E-state index < -0.39 is 0 Å². The van der Waals surface area contributed by atoms with Gasteiger partial charge in [0.2, 0.25) is 0 Å². The van der Waals surface area contributed by atoms with Crippen molar-refractivity contribution in [2.45, 2.75) is 50.2 Å². The second-order valence-corrected chi connectivity index (χ2v) is 5.73. The second kappa shape index (κ2) is 4.80. The van der Waals surface area contributed by atoms with Crippen LogP contribution in [0.2, 0.25) is 0 Å². The maximum absolute atomic E-state index is 9.34. The van der Waals surface area contributed by atoms with Gasteiger partial charge >= 0.3 is 0 Å². The number of methoxy groups -OCH3 is 1. The van der Waals surface area contributed by atoms with Crippen LogP contribution in [0.25, 0.3) is 0 Å². The van der Waals surface area contributed by atoms with Gasteiger partial charge in [0.1, 0.15) is 11.4 Å². The average Bonchev–Trinajstić information content (AvgIpc) is 3.14. The Morgan fingerprint density at radius 1 is 1.42 bits per heavy atom. The summed E-state index contributed by atoms with van der Waals surface area (Å²) in [5, 5.41) is 9.34. The largest absolute Gasteiger partial charge is 0.497 e. The van der Waals surface area contributed by atoms with Gasteiger partial charge < -0.3 is 14.6 Å². The molecule has 19 heavy (non-hydrogen) atoms. The molecule has 1 aromatic rings. The van der Waals surface area contributed by atoms with Crippen LogP contribution in [0.3, 0.4) is 0 Å². The van der Waals surface area contributed by atoms with Crippen molar-refractivity contribution in [2.75, 3.05) is 13.7 Å². The number of hydrogen-bond acceptors (Lipinski definition) is 3. The fraction of sp³-hybridized carbons (Fsp3) is 0.625. The van der Waals surface area contributed by atoms with E-state index in [1.54, 1.807) is 7.11 Å². The molecular weight excluding hydrogens is 240 g/mol. The van der Waals surface area contributed by atoms with Gasteiger partial charge in [-0.05, 0) is 54.9 Å². The zero-order valence-electron chi connectivity index (χ0n) is 11.7. The maximum Gasteiger partial charge on any atom is 0.119 e. The van der Waals surface area contributed by atoms with Crippen molar-refractivity contribution in [3.05, 3.63) is 29.3 Å². The molecule has 0 spiro atoms. The highest BCUT2D eigenvalue weighted by Crippen LogP contribution is 2.46. The van der Waals surface area contributed by atoms with Crippen LogP contribution in [-0.4, -0.2) is 30.5 Å². The molecule has 1 saturated heterocycles. The Labute approximate surface area is 114 Å². The molecule has 0 radical (unpaired) electrons. The van der Waals surface area contributed by atoms with Crippen molar-refractivity contribution in [1.29, 1.82) is 0 Å². The van der Waals surface area contributed by atoms with Gasteiger partial charge in [-0.25, -0.2) is 0 Å². The van der Waals surface area contributed by atoms with E-state index in [1.807, 2.05) is 6.07 Å². The van der Waals surface area contributed by atoms with E-state index in [2.05, 4.69) is 19.1 Å². The third-order valence-corrected chi connectivity index (χ3v) is 4.81. The number of aliphatic hydroxyl groups excluding tert-OH is 1. The Morgan fingerprint density at radius 3 is 2.84 bits per heavy atom. The van der Waals surface area contributed by atoms with Crippen LogP contribution < -0.4 is 4.74 Å². The highest BCUT2D eigenvalue weighted by atomic mass is 16.6. The van der Waals surface area contributed by atoms with Crippen LogP contribution in [0.5, 0.6) is 5.75 Å². The number of hydrogen-bond donors (Lipinski definition) is 1. The van der Waals surface area contributed by atoms with Crippen molar-refractivity contribution in [2.24, 2.45) is 0 Å². The number of aliphatic hydroxyl groups is 1. The lowest BCUT2D eigenvalue weighted by molar-refractivity contribution is 0.168. The first-order chi connectivity index (χ1) is 9.22. The summed E-state index contributed by atoms with van der Waals surface area (Å²) in [6.45, 7) is 2.24. The number of rotatable bonds is 6. The molecule has 0 saturated carbocycles. The lowest BCUT2D eigenvalue weighted by Gasteiger charge is -2.30. The summed E-state index contributed by atoms with van der Waals surface area (Å²) in [5.41, 5.74) is 2.67. The third kappa shape index (κ3) is 2.15. The van der Waals surface area contributed by atoms with Crippen LogP contribution in [0, 0.1) is 0 Å². The molecule has 1 aromatic carbocycles. The summed E-state index contributed by atoms with van der Waals surface area (Å²) in [5.74, 6) is 1.62. The zero-order chi connectivity index (χ0) is 13.5. The van der Waals surface area contributed by atoms with Gasteiger partial charge in [-0.2, -0.15) is 0 Å². The smallest absolute Gasteiger partial charge is 0.119 e. The summed E-state index contributed by atoms with van der Waals surface area (Å²) in [7, 11) is 1.71. The predicted molar refractivity (Wildman–Crippen MR) is 73.7 cm³/mol. The highest BCUT2D eigenvalue weighted by molar-refractivity contribution is 5.44. The van der Waals surface area contributed by atoms with E-state index in [-0.39, 0.29) is 18.3 Å². The lowest BCUT2D eigenvalue weighted by Crippen LogP contribution is -2.21. The molecule has 2 aliphatic rings. The molecule has 1 fully saturated rings. The van der Waals surface area contributed by atoms with Crippen LogP contribution in [0.1, 0.15) is 43.2 Å². The molecule has 0 bridgehead atoms. The van der Waals surface area contributed by atoms with Crippen LogP contribution in [0.4, 0.5) is 0 Å². The zero-order valence-corrected chi connectivity index (χ0v) is 11.7. The van der Waals surface area contributed by atoms with Gasteiger partial charge in [0.15, 0.2) is 0 Å². The molecule has 3 atom stereocenters. The summed E-state index contributed by atoms with van der Waals surface area (Å²) >= 11 is 0. The van der Waals surface area contributed by atoms with Gasteiger partial charge in [-0.15, -0.1) is 0 Å². The normalized spacial score (nSPS) is 31.5. The first-order valence-electron chi connectivity index (χ1n) is 7.18. The van der Waals surface area contributed by atoms with Crippen LogP contribution in [-0.2, 0) is 11.2 Å². The van der Waals surface area contributed by atoms with Crippen molar-refractivity contribution in [3.8, 4) is 5.75 Å². The van der Waals surface area contributed by atoms with Gasteiger partial charge in [0.05, 0.1) is 19.8 Å². The molecule has 0 aromatic heterocycles. The molecule has 1 N–H and O–H groups in total. The minimum absolute atomic E-state index is 0.159. The summed E-state index contributed by atoms with van der Waals surface area (Å²) in [4.78, 5) is 0. The van der Waals surface area contributed by atoms with Crippen LogP contribution >= 0.6 is 0 Å². The number of fused-ring (bicyclic) bond motifs is 1. The van der Waals surface area contributed by atoms with Gasteiger partial charge in [0, 0.05) is 0 Å². The van der Waals surface area contributed by atoms with E-state index in [0.29, 0.717) is 5.92 Å². The molecule has 104 valence electrons. The molecule has 3 unspecified atom stereocenters. The minimum atomic E-state index is -0.216. The van der Waals surface area contributed by atoms with Crippen molar-refractivity contribution in [1.82, 2.24) is 0 Å². The number of ether oxygens (including phenoxy) is 2. The van der Waals surface area contributed by atoms with E-state index in [9.17, 15) is 5.11 Å². The fourth-order valence-electron chi connectivity index (χ4n) is 3.27. The monoisotopic (exact) mass is 262 g/mol. The standard InChI is InChI=1S/C16H22O3/c1-3-16(10-17)15(19-16)7-4-11-8-12-9-13(18-2)5-6-14(11)12/h5-6,9,11,15,17H,3-4,7-8,10H2,1-2H3. The van der Waals surface area contributed by atoms with E-state index in [0.717, 1.165) is 31.4 Å². The maximum atomic E-state index is 9.34.